The summed E-state index contributed by atoms with van der Waals surface area (Å²) in [6, 6.07) is 13.5. The average molecular weight is 441 g/mol. The van der Waals surface area contributed by atoms with Crippen molar-refractivity contribution in [3.8, 4) is 11.4 Å². The van der Waals surface area contributed by atoms with Crippen LogP contribution < -0.4 is 5.32 Å². The van der Waals surface area contributed by atoms with Gasteiger partial charge in [-0.05, 0) is 74.7 Å². The smallest absolute Gasteiger partial charge is 0.410 e. The lowest BCUT2D eigenvalue weighted by molar-refractivity contribution is 0.0224. The number of hydrogen-bond acceptors (Lipinski definition) is 6. The zero-order chi connectivity index (χ0) is 22.0. The van der Waals surface area contributed by atoms with Gasteiger partial charge in [-0.2, -0.15) is 4.98 Å². The Kier molecular flexibility index (Phi) is 5.87. The van der Waals surface area contributed by atoms with Gasteiger partial charge in [-0.1, -0.05) is 22.8 Å². The van der Waals surface area contributed by atoms with Gasteiger partial charge in [0.15, 0.2) is 0 Å². The molecule has 0 saturated heterocycles. The minimum atomic E-state index is -0.504. The molecule has 0 atom stereocenters. The van der Waals surface area contributed by atoms with Crippen molar-refractivity contribution in [1.82, 2.24) is 15.0 Å². The van der Waals surface area contributed by atoms with Crippen molar-refractivity contribution in [1.29, 1.82) is 0 Å². The van der Waals surface area contributed by atoms with Gasteiger partial charge in [-0.3, -0.25) is 0 Å². The lowest BCUT2D eigenvalue weighted by atomic mass is 9.99. The summed E-state index contributed by atoms with van der Waals surface area (Å²) in [5.74, 6) is 1.00. The van der Waals surface area contributed by atoms with Gasteiger partial charge in [0.2, 0.25) is 11.7 Å². The Balaban J connectivity index is 1.39. The summed E-state index contributed by atoms with van der Waals surface area (Å²) >= 11 is 5.92. The van der Waals surface area contributed by atoms with Gasteiger partial charge in [-0.15, -0.1) is 0 Å². The summed E-state index contributed by atoms with van der Waals surface area (Å²) in [5, 5.41) is 8.00. The van der Waals surface area contributed by atoms with E-state index < -0.39 is 5.60 Å². The predicted molar refractivity (Wildman–Crippen MR) is 119 cm³/mol. The zero-order valence-corrected chi connectivity index (χ0v) is 18.6. The van der Waals surface area contributed by atoms with Crippen LogP contribution in [-0.2, 0) is 24.2 Å². The Labute approximate surface area is 186 Å². The summed E-state index contributed by atoms with van der Waals surface area (Å²) in [7, 11) is 0. The second-order valence-corrected chi connectivity index (χ2v) is 8.94. The molecule has 0 bridgehead atoms. The fourth-order valence-electron chi connectivity index (χ4n) is 3.37. The third-order valence-electron chi connectivity index (χ3n) is 4.88. The van der Waals surface area contributed by atoms with E-state index in [-0.39, 0.29) is 6.09 Å². The van der Waals surface area contributed by atoms with Crippen molar-refractivity contribution >= 4 is 23.4 Å². The number of rotatable bonds is 4. The number of carbonyl (C=O) groups is 1. The van der Waals surface area contributed by atoms with E-state index in [1.54, 1.807) is 17.0 Å². The van der Waals surface area contributed by atoms with Crippen molar-refractivity contribution in [2.75, 3.05) is 11.9 Å². The van der Waals surface area contributed by atoms with Gasteiger partial charge in [0.05, 0.1) is 6.54 Å². The molecule has 7 nitrogen and oxygen atoms in total. The van der Waals surface area contributed by atoms with Crippen molar-refractivity contribution in [3.05, 3.63) is 64.5 Å². The molecule has 162 valence electrons. The van der Waals surface area contributed by atoms with E-state index >= 15 is 0 Å². The molecule has 1 aromatic heterocycles. The Morgan fingerprint density at radius 2 is 1.97 bits per heavy atom. The molecule has 4 rings (SSSR count). The number of nitrogens with zero attached hydrogens (tertiary/aromatic N) is 3. The maximum absolute atomic E-state index is 12.4. The van der Waals surface area contributed by atoms with Crippen LogP contribution in [0.3, 0.4) is 0 Å². The molecule has 2 heterocycles. The number of halogens is 1. The molecule has 1 N–H and O–H groups in total. The lowest BCUT2D eigenvalue weighted by Gasteiger charge is -2.31. The van der Waals surface area contributed by atoms with Crippen LogP contribution in [0, 0.1) is 0 Å². The van der Waals surface area contributed by atoms with Crippen LogP contribution in [-0.4, -0.2) is 33.3 Å². The molecule has 1 aliphatic rings. The monoisotopic (exact) mass is 440 g/mol. The van der Waals surface area contributed by atoms with Gasteiger partial charge < -0.3 is 19.5 Å². The molecule has 0 unspecified atom stereocenters. The number of aromatic nitrogens is 2. The van der Waals surface area contributed by atoms with Crippen molar-refractivity contribution in [2.24, 2.45) is 0 Å². The minimum absolute atomic E-state index is 0.280. The number of amides is 1. The third-order valence-corrected chi connectivity index (χ3v) is 5.14. The first-order valence-corrected chi connectivity index (χ1v) is 10.6. The first-order chi connectivity index (χ1) is 14.8. The molecular weight excluding hydrogens is 416 g/mol. The molecule has 8 heteroatoms. The first-order valence-electron chi connectivity index (χ1n) is 10.2. The van der Waals surface area contributed by atoms with E-state index in [4.69, 9.17) is 20.9 Å². The predicted octanol–water partition coefficient (Wildman–Crippen LogP) is 5.30. The van der Waals surface area contributed by atoms with E-state index in [9.17, 15) is 4.79 Å². The van der Waals surface area contributed by atoms with E-state index in [0.717, 1.165) is 23.2 Å². The number of ether oxygens (including phenoxy) is 1. The molecule has 0 saturated carbocycles. The molecule has 0 aliphatic carbocycles. The Morgan fingerprint density at radius 3 is 2.71 bits per heavy atom. The highest BCUT2D eigenvalue weighted by atomic mass is 35.5. The summed E-state index contributed by atoms with van der Waals surface area (Å²) in [4.78, 5) is 18.6. The Bertz CT molecular complexity index is 1070. The first kappa shape index (κ1) is 21.2. The standard InChI is InChI=1S/C23H25ClN4O3/c1-23(2,3)30-22(29)28-11-10-15-6-9-19(12-17(15)14-28)25-13-20-26-21(27-31-20)16-4-7-18(24)8-5-16/h4-9,12,25H,10-11,13-14H2,1-3H3. The van der Waals surface area contributed by atoms with Crippen LogP contribution in [0.5, 0.6) is 0 Å². The maximum Gasteiger partial charge on any atom is 0.410 e. The van der Waals surface area contributed by atoms with Gasteiger partial charge in [-0.25, -0.2) is 4.79 Å². The van der Waals surface area contributed by atoms with E-state index in [1.165, 1.54) is 5.56 Å². The van der Waals surface area contributed by atoms with Crippen LogP contribution in [0.4, 0.5) is 10.5 Å². The molecule has 0 spiro atoms. The number of nitrogens with one attached hydrogen (secondary N) is 1. The summed E-state index contributed by atoms with van der Waals surface area (Å²) in [6.07, 6.45) is 0.528. The van der Waals surface area contributed by atoms with Gasteiger partial charge >= 0.3 is 6.09 Å². The second kappa shape index (κ2) is 8.59. The maximum atomic E-state index is 12.4. The summed E-state index contributed by atoms with van der Waals surface area (Å²) in [5.41, 5.74) is 3.62. The number of hydrogen-bond donors (Lipinski definition) is 1. The average Bonchev–Trinajstić information content (AvgIpc) is 3.20. The van der Waals surface area contributed by atoms with E-state index in [0.29, 0.717) is 36.4 Å². The van der Waals surface area contributed by atoms with Crippen LogP contribution in [0.25, 0.3) is 11.4 Å². The van der Waals surface area contributed by atoms with Crippen molar-refractivity contribution in [2.45, 2.75) is 45.9 Å². The third kappa shape index (κ3) is 5.35. The normalized spacial score (nSPS) is 13.6. The highest BCUT2D eigenvalue weighted by Crippen LogP contribution is 2.25. The number of anilines is 1. The molecular formula is C23H25ClN4O3. The van der Waals surface area contributed by atoms with Crippen molar-refractivity contribution in [3.63, 3.8) is 0 Å². The van der Waals surface area contributed by atoms with Gasteiger partial charge in [0.25, 0.3) is 0 Å². The Morgan fingerprint density at radius 1 is 1.19 bits per heavy atom. The van der Waals surface area contributed by atoms with Gasteiger partial charge in [0, 0.05) is 29.4 Å². The number of fused-ring (bicyclic) bond motifs is 1. The largest absolute Gasteiger partial charge is 0.444 e. The van der Waals surface area contributed by atoms with Crippen LogP contribution in [0.15, 0.2) is 47.0 Å². The minimum Gasteiger partial charge on any atom is -0.444 e. The van der Waals surface area contributed by atoms with Crippen LogP contribution >= 0.6 is 11.6 Å². The van der Waals surface area contributed by atoms with Crippen LogP contribution in [0.1, 0.15) is 37.8 Å². The molecule has 2 aromatic carbocycles. The summed E-state index contributed by atoms with van der Waals surface area (Å²) in [6.45, 7) is 7.21. The van der Waals surface area contributed by atoms with E-state index in [1.807, 2.05) is 39.0 Å². The molecule has 31 heavy (non-hydrogen) atoms. The number of carbonyl (C=O) groups excluding carboxylic acids is 1. The topological polar surface area (TPSA) is 80.5 Å². The molecule has 0 fully saturated rings. The Hall–Kier alpha value is -3.06. The molecule has 1 amide bonds. The molecule has 3 aromatic rings. The van der Waals surface area contributed by atoms with Crippen LogP contribution in [0.2, 0.25) is 5.02 Å². The highest BCUT2D eigenvalue weighted by molar-refractivity contribution is 6.30. The van der Waals surface area contributed by atoms with E-state index in [2.05, 4.69) is 27.6 Å². The second-order valence-electron chi connectivity index (χ2n) is 8.51. The van der Waals surface area contributed by atoms with Crippen molar-refractivity contribution < 1.29 is 14.1 Å². The number of benzene rings is 2. The zero-order valence-electron chi connectivity index (χ0n) is 17.8. The SMILES string of the molecule is CC(C)(C)OC(=O)N1CCc2ccc(NCc3nc(-c4ccc(Cl)cc4)no3)cc2C1. The summed E-state index contributed by atoms with van der Waals surface area (Å²) < 4.78 is 10.9. The molecule has 1 aliphatic heterocycles. The highest BCUT2D eigenvalue weighted by Gasteiger charge is 2.25. The fourth-order valence-corrected chi connectivity index (χ4v) is 3.50. The molecule has 0 radical (unpaired) electrons. The van der Waals surface area contributed by atoms with Gasteiger partial charge in [0.1, 0.15) is 5.60 Å². The quantitative estimate of drug-likeness (QED) is 0.593. The fraction of sp³-hybridized carbons (Fsp3) is 0.348. The lowest BCUT2D eigenvalue weighted by Crippen LogP contribution is -2.39.